The fraction of sp³-hybridized carbons (Fsp3) is 0.625. The van der Waals surface area contributed by atoms with Gasteiger partial charge >= 0.3 is 5.97 Å². The SMILES string of the molecule is CCCC(C=C(C)C(=O)O)S(=O)(=O)O. The first-order chi connectivity index (χ1) is 6.29. The van der Waals surface area contributed by atoms with Crippen molar-refractivity contribution in [2.45, 2.75) is 31.9 Å². The molecule has 0 rings (SSSR count). The van der Waals surface area contributed by atoms with Gasteiger partial charge in [-0.05, 0) is 13.3 Å². The number of carboxylic acids is 1. The summed E-state index contributed by atoms with van der Waals surface area (Å²) in [4.78, 5) is 10.4. The lowest BCUT2D eigenvalue weighted by Crippen LogP contribution is -2.19. The van der Waals surface area contributed by atoms with Crippen LogP contribution in [0.1, 0.15) is 26.7 Å². The van der Waals surface area contributed by atoms with Gasteiger partial charge in [-0.1, -0.05) is 19.4 Å². The Morgan fingerprint density at radius 2 is 2.00 bits per heavy atom. The van der Waals surface area contributed by atoms with Crippen LogP contribution in [0, 0.1) is 0 Å². The zero-order valence-electron chi connectivity index (χ0n) is 8.10. The normalized spacial score (nSPS) is 15.2. The van der Waals surface area contributed by atoms with Crippen molar-refractivity contribution >= 4 is 16.1 Å². The number of hydrogen-bond donors (Lipinski definition) is 2. The van der Waals surface area contributed by atoms with Crippen LogP contribution in [0.25, 0.3) is 0 Å². The zero-order valence-corrected chi connectivity index (χ0v) is 8.91. The first kappa shape index (κ1) is 13.1. The molecule has 2 N–H and O–H groups in total. The van der Waals surface area contributed by atoms with Crippen LogP contribution < -0.4 is 0 Å². The van der Waals surface area contributed by atoms with Crippen molar-refractivity contribution in [3.63, 3.8) is 0 Å². The number of carbonyl (C=O) groups is 1. The smallest absolute Gasteiger partial charge is 0.330 e. The molecule has 0 heterocycles. The Bertz CT molecular complexity index is 328. The van der Waals surface area contributed by atoms with Crippen molar-refractivity contribution in [1.82, 2.24) is 0 Å². The lowest BCUT2D eigenvalue weighted by molar-refractivity contribution is -0.132. The molecule has 0 aromatic carbocycles. The molecule has 0 aliphatic rings. The number of hydrogen-bond acceptors (Lipinski definition) is 3. The van der Waals surface area contributed by atoms with E-state index in [-0.39, 0.29) is 12.0 Å². The van der Waals surface area contributed by atoms with E-state index < -0.39 is 21.3 Å². The third kappa shape index (κ3) is 4.38. The Balaban J connectivity index is 4.88. The van der Waals surface area contributed by atoms with Gasteiger partial charge in [-0.25, -0.2) is 4.79 Å². The summed E-state index contributed by atoms with van der Waals surface area (Å²) in [6.45, 7) is 3.04. The summed E-state index contributed by atoms with van der Waals surface area (Å²) in [5, 5.41) is 7.40. The molecule has 0 bridgehead atoms. The monoisotopic (exact) mass is 222 g/mol. The Labute approximate surface area is 83.2 Å². The van der Waals surface area contributed by atoms with Crippen LogP contribution >= 0.6 is 0 Å². The summed E-state index contributed by atoms with van der Waals surface area (Å²) < 4.78 is 30.4. The highest BCUT2D eigenvalue weighted by Gasteiger charge is 2.20. The maximum absolute atomic E-state index is 10.8. The van der Waals surface area contributed by atoms with E-state index in [1.807, 2.05) is 0 Å². The number of carboxylic acid groups (broad SMARTS) is 1. The van der Waals surface area contributed by atoms with Gasteiger partial charge in [-0.2, -0.15) is 8.42 Å². The van der Waals surface area contributed by atoms with Crippen LogP contribution in [0.3, 0.4) is 0 Å². The predicted octanol–water partition coefficient (Wildman–Crippen LogP) is 1.07. The molecule has 0 fully saturated rings. The fourth-order valence-electron chi connectivity index (χ4n) is 0.953. The fourth-order valence-corrected chi connectivity index (χ4v) is 1.86. The first-order valence-corrected chi connectivity index (χ1v) is 5.67. The molecule has 0 aromatic rings. The van der Waals surface area contributed by atoms with Crippen molar-refractivity contribution < 1.29 is 22.9 Å². The minimum Gasteiger partial charge on any atom is -0.478 e. The van der Waals surface area contributed by atoms with Gasteiger partial charge in [-0.3, -0.25) is 4.55 Å². The summed E-state index contributed by atoms with van der Waals surface area (Å²) in [5.74, 6) is -1.19. The topological polar surface area (TPSA) is 91.7 Å². The summed E-state index contributed by atoms with van der Waals surface area (Å²) in [5.41, 5.74) is -0.0823. The molecule has 14 heavy (non-hydrogen) atoms. The van der Waals surface area contributed by atoms with Gasteiger partial charge in [0.05, 0.1) is 0 Å². The van der Waals surface area contributed by atoms with Gasteiger partial charge in [0.25, 0.3) is 10.1 Å². The second-order valence-corrected chi connectivity index (χ2v) is 4.63. The molecule has 1 atom stereocenters. The molecular formula is C8H14O5S. The molecule has 0 aliphatic heterocycles. The third-order valence-corrected chi connectivity index (χ3v) is 2.87. The Morgan fingerprint density at radius 3 is 2.29 bits per heavy atom. The molecule has 0 spiro atoms. The van der Waals surface area contributed by atoms with Crippen LogP contribution in [0.2, 0.25) is 0 Å². The van der Waals surface area contributed by atoms with Gasteiger partial charge in [0.2, 0.25) is 0 Å². The highest BCUT2D eigenvalue weighted by Crippen LogP contribution is 2.11. The molecule has 0 aromatic heterocycles. The second kappa shape index (κ2) is 5.11. The first-order valence-electron chi connectivity index (χ1n) is 4.17. The van der Waals surface area contributed by atoms with Gasteiger partial charge in [0.1, 0.15) is 5.25 Å². The van der Waals surface area contributed by atoms with Gasteiger partial charge in [-0.15, -0.1) is 0 Å². The quantitative estimate of drug-likeness (QED) is 0.536. The predicted molar refractivity (Wildman–Crippen MR) is 51.6 cm³/mol. The summed E-state index contributed by atoms with van der Waals surface area (Å²) >= 11 is 0. The maximum Gasteiger partial charge on any atom is 0.330 e. The van der Waals surface area contributed by atoms with Gasteiger partial charge in [0, 0.05) is 5.57 Å². The molecule has 0 saturated carbocycles. The van der Waals surface area contributed by atoms with Crippen molar-refractivity contribution in [2.75, 3.05) is 0 Å². The van der Waals surface area contributed by atoms with Crippen molar-refractivity contribution in [1.29, 1.82) is 0 Å². The Morgan fingerprint density at radius 1 is 1.50 bits per heavy atom. The molecule has 0 aliphatic carbocycles. The molecular weight excluding hydrogens is 208 g/mol. The summed E-state index contributed by atoms with van der Waals surface area (Å²) in [7, 11) is -4.20. The van der Waals surface area contributed by atoms with E-state index in [0.717, 1.165) is 6.08 Å². The molecule has 0 amide bonds. The van der Waals surface area contributed by atoms with E-state index in [0.29, 0.717) is 6.42 Å². The van der Waals surface area contributed by atoms with E-state index >= 15 is 0 Å². The lowest BCUT2D eigenvalue weighted by atomic mass is 10.2. The second-order valence-electron chi connectivity index (χ2n) is 3.00. The van der Waals surface area contributed by atoms with Crippen LogP contribution in [-0.2, 0) is 14.9 Å². The number of rotatable bonds is 5. The molecule has 6 heteroatoms. The van der Waals surface area contributed by atoms with Crippen LogP contribution in [0.5, 0.6) is 0 Å². The summed E-state index contributed by atoms with van der Waals surface area (Å²) in [6.07, 6.45) is 1.82. The highest BCUT2D eigenvalue weighted by molar-refractivity contribution is 7.86. The molecule has 5 nitrogen and oxygen atoms in total. The van der Waals surface area contributed by atoms with E-state index in [9.17, 15) is 13.2 Å². The largest absolute Gasteiger partial charge is 0.478 e. The third-order valence-electron chi connectivity index (χ3n) is 1.73. The standard InChI is InChI=1S/C8H14O5S/c1-3-4-7(14(11,12)13)5-6(2)8(9)10/h5,7H,3-4H2,1-2H3,(H,9,10)(H,11,12,13). The van der Waals surface area contributed by atoms with E-state index in [1.54, 1.807) is 6.92 Å². The molecule has 0 radical (unpaired) electrons. The molecule has 0 saturated heterocycles. The van der Waals surface area contributed by atoms with Crippen LogP contribution in [0.15, 0.2) is 11.6 Å². The average Bonchev–Trinajstić information content (AvgIpc) is 2.01. The summed E-state index contributed by atoms with van der Waals surface area (Å²) in [6, 6.07) is 0. The molecule has 1 unspecified atom stereocenters. The molecule has 82 valence electrons. The average molecular weight is 222 g/mol. The van der Waals surface area contributed by atoms with Crippen LogP contribution in [0.4, 0.5) is 0 Å². The van der Waals surface area contributed by atoms with Crippen molar-refractivity contribution in [3.05, 3.63) is 11.6 Å². The van der Waals surface area contributed by atoms with Crippen molar-refractivity contribution in [3.8, 4) is 0 Å². The lowest BCUT2D eigenvalue weighted by Gasteiger charge is -2.08. The minimum atomic E-state index is -4.20. The number of aliphatic carboxylic acids is 1. The van der Waals surface area contributed by atoms with E-state index in [4.69, 9.17) is 9.66 Å². The van der Waals surface area contributed by atoms with E-state index in [1.165, 1.54) is 6.92 Å². The van der Waals surface area contributed by atoms with Gasteiger partial charge < -0.3 is 5.11 Å². The van der Waals surface area contributed by atoms with E-state index in [2.05, 4.69) is 0 Å². The highest BCUT2D eigenvalue weighted by atomic mass is 32.2. The van der Waals surface area contributed by atoms with Crippen LogP contribution in [-0.4, -0.2) is 29.3 Å². The Kier molecular flexibility index (Phi) is 4.79. The van der Waals surface area contributed by atoms with Gasteiger partial charge in [0.15, 0.2) is 0 Å². The zero-order chi connectivity index (χ0) is 11.4. The Hall–Kier alpha value is -0.880. The van der Waals surface area contributed by atoms with Crippen molar-refractivity contribution in [2.24, 2.45) is 0 Å². The minimum absolute atomic E-state index is 0.0823. The maximum atomic E-state index is 10.8.